The molecule has 0 saturated carbocycles. The van der Waals surface area contributed by atoms with Gasteiger partial charge in [-0.1, -0.05) is 0 Å². The van der Waals surface area contributed by atoms with E-state index in [1.54, 1.807) is 0 Å². The number of ketones is 1. The first-order valence-corrected chi connectivity index (χ1v) is 4.94. The Bertz CT molecular complexity index is 235. The summed E-state index contributed by atoms with van der Waals surface area (Å²) < 4.78 is 9.50. The fourth-order valence-corrected chi connectivity index (χ4v) is 1.37. The quantitative estimate of drug-likeness (QED) is 0.379. The van der Waals surface area contributed by atoms with Gasteiger partial charge >= 0.3 is 5.97 Å². The highest BCUT2D eigenvalue weighted by atomic mass is 35.5. The Morgan fingerprint density at radius 2 is 2.14 bits per heavy atom. The van der Waals surface area contributed by atoms with Gasteiger partial charge < -0.3 is 9.47 Å². The molecule has 4 nitrogen and oxygen atoms in total. The molecule has 1 rings (SSSR count). The van der Waals surface area contributed by atoms with Crippen LogP contribution in [0.4, 0.5) is 0 Å². The number of alkyl halides is 1. The Balaban J connectivity index is 2.19. The van der Waals surface area contributed by atoms with Crippen molar-refractivity contribution in [1.82, 2.24) is 0 Å². The lowest BCUT2D eigenvalue weighted by atomic mass is 10.0. The molecule has 14 heavy (non-hydrogen) atoms. The van der Waals surface area contributed by atoms with Gasteiger partial charge in [0.1, 0.15) is 11.4 Å². The second kappa shape index (κ2) is 4.75. The molecule has 1 saturated heterocycles. The molecular formula is C9H13ClO4. The summed E-state index contributed by atoms with van der Waals surface area (Å²) in [7, 11) is 1.30. The molecule has 1 heterocycles. The summed E-state index contributed by atoms with van der Waals surface area (Å²) in [6, 6.07) is 0. The van der Waals surface area contributed by atoms with Crippen LogP contribution in [0.15, 0.2) is 0 Å². The highest BCUT2D eigenvalue weighted by molar-refractivity contribution is 6.19. The second-order valence-electron chi connectivity index (χ2n) is 3.40. The van der Waals surface area contributed by atoms with Crippen LogP contribution >= 0.6 is 11.6 Å². The number of hydrogen-bond acceptors (Lipinski definition) is 4. The fourth-order valence-electron chi connectivity index (χ4n) is 1.12. The summed E-state index contributed by atoms with van der Waals surface area (Å²) in [5.74, 6) is -0.0414. The van der Waals surface area contributed by atoms with E-state index in [0.717, 1.165) is 0 Å². The molecule has 0 radical (unpaired) electrons. The van der Waals surface area contributed by atoms with Crippen LogP contribution in [-0.4, -0.2) is 37.0 Å². The predicted molar refractivity (Wildman–Crippen MR) is 50.3 cm³/mol. The Morgan fingerprint density at radius 1 is 1.50 bits per heavy atom. The molecule has 0 aromatic carbocycles. The van der Waals surface area contributed by atoms with Gasteiger partial charge in [-0.3, -0.25) is 9.59 Å². The first-order chi connectivity index (χ1) is 6.62. The van der Waals surface area contributed by atoms with E-state index >= 15 is 0 Å². The number of epoxide rings is 1. The Kier molecular flexibility index (Phi) is 3.89. The third-order valence-electron chi connectivity index (χ3n) is 2.15. The molecule has 1 unspecified atom stereocenters. The van der Waals surface area contributed by atoms with Crippen molar-refractivity contribution in [2.45, 2.75) is 24.9 Å². The Labute approximate surface area is 87.5 Å². The molecule has 1 aliphatic rings. The minimum absolute atomic E-state index is 0.00597. The average Bonchev–Trinajstić information content (AvgIpc) is 2.95. The molecule has 0 amide bonds. The monoisotopic (exact) mass is 220 g/mol. The van der Waals surface area contributed by atoms with Crippen molar-refractivity contribution >= 4 is 23.4 Å². The normalized spacial score (nSPS) is 24.4. The lowest BCUT2D eigenvalue weighted by Gasteiger charge is -2.05. The molecule has 1 fully saturated rings. The minimum Gasteiger partial charge on any atom is -0.469 e. The average molecular weight is 221 g/mol. The van der Waals surface area contributed by atoms with Crippen molar-refractivity contribution < 1.29 is 19.1 Å². The van der Waals surface area contributed by atoms with Crippen molar-refractivity contribution in [3.8, 4) is 0 Å². The van der Waals surface area contributed by atoms with Crippen LogP contribution in [0.3, 0.4) is 0 Å². The molecular weight excluding hydrogens is 208 g/mol. The molecule has 0 aliphatic carbocycles. The third kappa shape index (κ3) is 3.27. The maximum atomic E-state index is 11.3. The topological polar surface area (TPSA) is 55.9 Å². The van der Waals surface area contributed by atoms with Gasteiger partial charge in [-0.25, -0.2) is 0 Å². The predicted octanol–water partition coefficient (Wildman–Crippen LogP) is 0.907. The van der Waals surface area contributed by atoms with Gasteiger partial charge in [-0.05, 0) is 0 Å². The zero-order chi connectivity index (χ0) is 10.6. The van der Waals surface area contributed by atoms with E-state index in [-0.39, 0.29) is 24.6 Å². The standard InChI is InChI=1S/C9H13ClO4/c1-13-8(12)3-2-7(11)4-9(5-10)6-14-9/h2-6H2,1H3. The number of carbonyl (C=O) groups is 2. The van der Waals surface area contributed by atoms with Gasteiger partial charge in [-0.15, -0.1) is 11.6 Å². The molecule has 5 heteroatoms. The van der Waals surface area contributed by atoms with Crippen molar-refractivity contribution in [3.05, 3.63) is 0 Å². The van der Waals surface area contributed by atoms with E-state index in [1.807, 2.05) is 0 Å². The van der Waals surface area contributed by atoms with Gasteiger partial charge in [0.2, 0.25) is 0 Å². The highest BCUT2D eigenvalue weighted by Crippen LogP contribution is 2.32. The SMILES string of the molecule is COC(=O)CCC(=O)CC1(CCl)CO1. The molecule has 0 aromatic rings. The van der Waals surface area contributed by atoms with E-state index in [0.29, 0.717) is 18.9 Å². The molecule has 1 atom stereocenters. The number of hydrogen-bond donors (Lipinski definition) is 0. The second-order valence-corrected chi connectivity index (χ2v) is 3.66. The summed E-state index contributed by atoms with van der Waals surface area (Å²) in [4.78, 5) is 22.1. The van der Waals surface area contributed by atoms with Crippen molar-refractivity contribution in [2.24, 2.45) is 0 Å². The lowest BCUT2D eigenvalue weighted by molar-refractivity contribution is -0.142. The summed E-state index contributed by atoms with van der Waals surface area (Å²) >= 11 is 5.62. The molecule has 80 valence electrons. The lowest BCUT2D eigenvalue weighted by Crippen LogP contribution is -2.19. The van der Waals surface area contributed by atoms with Crippen LogP contribution < -0.4 is 0 Å². The number of methoxy groups -OCH3 is 1. The zero-order valence-electron chi connectivity index (χ0n) is 8.05. The fraction of sp³-hybridized carbons (Fsp3) is 0.778. The number of Topliss-reactive ketones (excluding diaryl/α,β-unsaturated/α-hetero) is 1. The Morgan fingerprint density at radius 3 is 2.57 bits per heavy atom. The maximum Gasteiger partial charge on any atom is 0.305 e. The summed E-state index contributed by atoms with van der Waals surface area (Å²) in [6.07, 6.45) is 0.635. The number of ether oxygens (including phenoxy) is 2. The zero-order valence-corrected chi connectivity index (χ0v) is 8.80. The van der Waals surface area contributed by atoms with E-state index in [9.17, 15) is 9.59 Å². The van der Waals surface area contributed by atoms with Gasteiger partial charge in [0.15, 0.2) is 0 Å². The van der Waals surface area contributed by atoms with Gasteiger partial charge in [0.25, 0.3) is 0 Å². The van der Waals surface area contributed by atoms with Crippen LogP contribution in [-0.2, 0) is 19.1 Å². The van der Waals surface area contributed by atoms with E-state index in [4.69, 9.17) is 16.3 Å². The van der Waals surface area contributed by atoms with Crippen molar-refractivity contribution in [3.63, 3.8) is 0 Å². The molecule has 0 N–H and O–H groups in total. The third-order valence-corrected chi connectivity index (χ3v) is 2.64. The van der Waals surface area contributed by atoms with E-state index in [2.05, 4.69) is 4.74 Å². The van der Waals surface area contributed by atoms with Gasteiger partial charge in [0.05, 0.1) is 26.0 Å². The molecule has 0 spiro atoms. The van der Waals surface area contributed by atoms with E-state index in [1.165, 1.54) is 7.11 Å². The number of carbonyl (C=O) groups excluding carboxylic acids is 2. The van der Waals surface area contributed by atoms with Gasteiger partial charge in [-0.2, -0.15) is 0 Å². The van der Waals surface area contributed by atoms with Crippen LogP contribution in [0.2, 0.25) is 0 Å². The number of esters is 1. The summed E-state index contributed by atoms with van der Waals surface area (Å²) in [5.41, 5.74) is -0.436. The smallest absolute Gasteiger partial charge is 0.305 e. The number of halogens is 1. The van der Waals surface area contributed by atoms with Crippen LogP contribution in [0.25, 0.3) is 0 Å². The summed E-state index contributed by atoms with van der Waals surface area (Å²) in [5, 5.41) is 0. The van der Waals surface area contributed by atoms with Crippen LogP contribution in [0.1, 0.15) is 19.3 Å². The minimum atomic E-state index is -0.436. The first-order valence-electron chi connectivity index (χ1n) is 4.40. The van der Waals surface area contributed by atoms with Crippen LogP contribution in [0, 0.1) is 0 Å². The first kappa shape index (κ1) is 11.5. The molecule has 0 bridgehead atoms. The number of rotatable bonds is 6. The highest BCUT2D eigenvalue weighted by Gasteiger charge is 2.45. The van der Waals surface area contributed by atoms with Crippen LogP contribution in [0.5, 0.6) is 0 Å². The molecule has 1 aliphatic heterocycles. The summed E-state index contributed by atoms with van der Waals surface area (Å²) in [6.45, 7) is 0.542. The van der Waals surface area contributed by atoms with Crippen molar-refractivity contribution in [2.75, 3.05) is 19.6 Å². The van der Waals surface area contributed by atoms with Gasteiger partial charge in [0, 0.05) is 12.8 Å². The molecule has 0 aromatic heterocycles. The largest absolute Gasteiger partial charge is 0.469 e. The van der Waals surface area contributed by atoms with E-state index < -0.39 is 5.60 Å². The van der Waals surface area contributed by atoms with Crippen molar-refractivity contribution in [1.29, 1.82) is 0 Å². The maximum absolute atomic E-state index is 11.3. The Hall–Kier alpha value is -0.610.